The minimum absolute atomic E-state index is 0.0492. The van der Waals surface area contributed by atoms with Crippen LogP contribution in [0.4, 0.5) is 0 Å². The molecule has 2 atom stereocenters. The zero-order chi connectivity index (χ0) is 23.8. The lowest BCUT2D eigenvalue weighted by atomic mass is 9.47. The Balaban J connectivity index is 1.27. The maximum Gasteiger partial charge on any atom is 0.243 e. The number of carbonyl (C=O) groups is 1. The molecule has 7 heteroatoms. The number of aliphatic hydroxyl groups is 1. The van der Waals surface area contributed by atoms with Crippen molar-refractivity contribution < 1.29 is 18.3 Å². The lowest BCUT2D eigenvalue weighted by molar-refractivity contribution is -0.172. The summed E-state index contributed by atoms with van der Waals surface area (Å²) < 4.78 is 28.6. The van der Waals surface area contributed by atoms with E-state index in [-0.39, 0.29) is 11.3 Å². The van der Waals surface area contributed by atoms with Gasteiger partial charge in [0.15, 0.2) is 0 Å². The molecule has 1 aliphatic heterocycles. The minimum Gasteiger partial charge on any atom is -0.390 e. The maximum absolute atomic E-state index is 13.5. The van der Waals surface area contributed by atoms with Crippen LogP contribution < -0.4 is 0 Å². The van der Waals surface area contributed by atoms with Gasteiger partial charge in [-0.3, -0.25) is 4.79 Å². The number of hydrogen-bond donors (Lipinski definition) is 1. The van der Waals surface area contributed by atoms with Crippen LogP contribution in [-0.2, 0) is 14.8 Å². The third-order valence-electron chi connectivity index (χ3n) is 9.16. The van der Waals surface area contributed by atoms with Gasteiger partial charge < -0.3 is 10.0 Å². The molecule has 1 amide bonds. The van der Waals surface area contributed by atoms with Crippen molar-refractivity contribution in [3.05, 3.63) is 28.3 Å². The Morgan fingerprint density at radius 2 is 1.52 bits per heavy atom. The molecule has 1 heterocycles. The quantitative estimate of drug-likeness (QED) is 0.725. The fourth-order valence-electron chi connectivity index (χ4n) is 7.92. The molecule has 6 rings (SSSR count). The van der Waals surface area contributed by atoms with E-state index in [1.54, 1.807) is 4.31 Å². The molecule has 182 valence electrons. The molecule has 4 bridgehead atoms. The number of rotatable bonds is 4. The van der Waals surface area contributed by atoms with Crippen LogP contribution in [0.3, 0.4) is 0 Å². The molecule has 33 heavy (non-hydrogen) atoms. The van der Waals surface area contributed by atoms with Gasteiger partial charge in [-0.05, 0) is 106 Å². The summed E-state index contributed by atoms with van der Waals surface area (Å²) in [4.78, 5) is 15.6. The highest BCUT2D eigenvalue weighted by molar-refractivity contribution is 7.89. The molecule has 1 aromatic rings. The van der Waals surface area contributed by atoms with Crippen molar-refractivity contribution in [2.45, 2.75) is 83.1 Å². The summed E-state index contributed by atoms with van der Waals surface area (Å²) in [5, 5.41) is 11.0. The Labute approximate surface area is 198 Å². The van der Waals surface area contributed by atoms with Crippen molar-refractivity contribution in [2.24, 2.45) is 17.3 Å². The molecule has 0 aromatic heterocycles. The number of hydrogen-bond acceptors (Lipinski definition) is 4. The molecule has 2 unspecified atom stereocenters. The van der Waals surface area contributed by atoms with Gasteiger partial charge in [-0.1, -0.05) is 6.07 Å². The fourth-order valence-corrected chi connectivity index (χ4v) is 9.91. The van der Waals surface area contributed by atoms with Gasteiger partial charge in [0.2, 0.25) is 15.9 Å². The van der Waals surface area contributed by atoms with Gasteiger partial charge in [0.05, 0.1) is 10.5 Å². The zero-order valence-corrected chi connectivity index (χ0v) is 21.3. The maximum atomic E-state index is 13.5. The molecule has 0 radical (unpaired) electrons. The second-order valence-corrected chi connectivity index (χ2v) is 13.6. The summed E-state index contributed by atoms with van der Waals surface area (Å²) >= 11 is 0. The molecule has 1 saturated heterocycles. The molecule has 5 aliphatic rings. The normalized spacial score (nSPS) is 34.2. The highest BCUT2D eigenvalue weighted by atomic mass is 32.2. The first kappa shape index (κ1) is 23.3. The van der Waals surface area contributed by atoms with E-state index in [0.717, 1.165) is 54.4 Å². The van der Waals surface area contributed by atoms with E-state index in [2.05, 4.69) is 0 Å². The molecular formula is C26H38N2O4S. The number of nitrogens with zero attached hydrogens (tertiary/aromatic N) is 2. The zero-order valence-electron chi connectivity index (χ0n) is 20.5. The molecule has 1 aromatic carbocycles. The fraction of sp³-hybridized carbons (Fsp3) is 0.731. The van der Waals surface area contributed by atoms with E-state index >= 15 is 0 Å². The van der Waals surface area contributed by atoms with Crippen molar-refractivity contribution in [1.29, 1.82) is 0 Å². The Morgan fingerprint density at radius 3 is 2.03 bits per heavy atom. The van der Waals surface area contributed by atoms with Crippen LogP contribution in [0, 0.1) is 44.9 Å². The van der Waals surface area contributed by atoms with Crippen LogP contribution in [0.25, 0.3) is 0 Å². The van der Waals surface area contributed by atoms with Gasteiger partial charge in [0.1, 0.15) is 0 Å². The number of amides is 1. The first-order valence-electron chi connectivity index (χ1n) is 12.5. The van der Waals surface area contributed by atoms with E-state index in [4.69, 9.17) is 0 Å². The van der Waals surface area contributed by atoms with Gasteiger partial charge in [-0.15, -0.1) is 0 Å². The van der Waals surface area contributed by atoms with E-state index in [1.165, 1.54) is 6.42 Å². The molecular weight excluding hydrogens is 436 g/mol. The second-order valence-electron chi connectivity index (χ2n) is 11.7. The van der Waals surface area contributed by atoms with Crippen molar-refractivity contribution in [3.63, 3.8) is 0 Å². The first-order valence-corrected chi connectivity index (χ1v) is 13.9. The lowest BCUT2D eigenvalue weighted by Crippen LogP contribution is -2.57. The number of piperazine rings is 1. The number of carbonyl (C=O) groups excluding carboxylic acids is 1. The van der Waals surface area contributed by atoms with Gasteiger partial charge in [0, 0.05) is 32.6 Å². The molecule has 6 nitrogen and oxygen atoms in total. The third kappa shape index (κ3) is 3.94. The average Bonchev–Trinajstić information content (AvgIpc) is 2.70. The Hall–Kier alpha value is -1.44. The minimum atomic E-state index is -3.61. The summed E-state index contributed by atoms with van der Waals surface area (Å²) in [5.41, 5.74) is 3.00. The van der Waals surface area contributed by atoms with E-state index < -0.39 is 15.6 Å². The van der Waals surface area contributed by atoms with Gasteiger partial charge >= 0.3 is 0 Å². The van der Waals surface area contributed by atoms with Crippen LogP contribution in [0.1, 0.15) is 67.2 Å². The topological polar surface area (TPSA) is 77.9 Å². The number of aryl methyl sites for hydroxylation is 2. The second kappa shape index (κ2) is 7.79. The summed E-state index contributed by atoms with van der Waals surface area (Å²) in [5.74, 6) is 1.27. The lowest BCUT2D eigenvalue weighted by Gasteiger charge is -2.60. The highest BCUT2D eigenvalue weighted by Crippen LogP contribution is 2.62. The van der Waals surface area contributed by atoms with Crippen molar-refractivity contribution in [3.8, 4) is 0 Å². The Morgan fingerprint density at radius 1 is 0.970 bits per heavy atom. The molecule has 5 fully saturated rings. The van der Waals surface area contributed by atoms with Crippen LogP contribution in [0.5, 0.6) is 0 Å². The van der Waals surface area contributed by atoms with E-state index in [1.807, 2.05) is 38.7 Å². The standard InChI is InChI=1S/C26H38N2O4S/c1-17-9-18(2)20(4)24(19(17)3)33(31,32)28-7-5-27(6-8-28)23(29)15-25-11-21-10-22(12-25)14-26(30,13-21)16-25/h9,21-22,30H,5-8,10-16H2,1-4H3. The van der Waals surface area contributed by atoms with Crippen LogP contribution in [0.2, 0.25) is 0 Å². The largest absolute Gasteiger partial charge is 0.390 e. The predicted octanol–water partition coefficient (Wildman–Crippen LogP) is 3.47. The summed E-state index contributed by atoms with van der Waals surface area (Å²) in [6.45, 7) is 9.23. The van der Waals surface area contributed by atoms with Gasteiger partial charge in [0.25, 0.3) is 0 Å². The number of benzene rings is 1. The predicted molar refractivity (Wildman–Crippen MR) is 127 cm³/mol. The van der Waals surface area contributed by atoms with E-state index in [9.17, 15) is 18.3 Å². The third-order valence-corrected chi connectivity index (χ3v) is 11.3. The van der Waals surface area contributed by atoms with Crippen molar-refractivity contribution in [2.75, 3.05) is 26.2 Å². The number of sulfonamides is 1. The summed E-state index contributed by atoms with van der Waals surface area (Å²) in [7, 11) is -3.61. The molecule has 0 spiro atoms. The van der Waals surface area contributed by atoms with Crippen LogP contribution in [-0.4, -0.2) is 60.4 Å². The SMILES string of the molecule is Cc1cc(C)c(C)c(S(=O)(=O)N2CCN(C(=O)CC34CC5CC(CC(O)(C5)C3)C4)CC2)c1C. The Bertz CT molecular complexity index is 1050. The molecule has 4 aliphatic carbocycles. The van der Waals surface area contributed by atoms with Crippen LogP contribution >= 0.6 is 0 Å². The first-order chi connectivity index (χ1) is 15.4. The monoisotopic (exact) mass is 474 g/mol. The summed E-state index contributed by atoms with van der Waals surface area (Å²) in [6.07, 6.45) is 6.43. The smallest absolute Gasteiger partial charge is 0.243 e. The average molecular weight is 475 g/mol. The van der Waals surface area contributed by atoms with Crippen LogP contribution in [0.15, 0.2) is 11.0 Å². The molecule has 1 N–H and O–H groups in total. The van der Waals surface area contributed by atoms with Crippen molar-refractivity contribution >= 4 is 15.9 Å². The van der Waals surface area contributed by atoms with Gasteiger partial charge in [-0.2, -0.15) is 4.31 Å². The Kier molecular flexibility index (Phi) is 5.50. The highest BCUT2D eigenvalue weighted by Gasteiger charge is 2.57. The van der Waals surface area contributed by atoms with E-state index in [0.29, 0.717) is 49.3 Å². The van der Waals surface area contributed by atoms with Crippen molar-refractivity contribution in [1.82, 2.24) is 9.21 Å². The van der Waals surface area contributed by atoms with Gasteiger partial charge in [-0.25, -0.2) is 8.42 Å². The molecule has 4 saturated carbocycles. The summed E-state index contributed by atoms with van der Waals surface area (Å²) in [6, 6.07) is 2.04.